The summed E-state index contributed by atoms with van der Waals surface area (Å²) in [5, 5.41) is 5.99. The normalized spacial score (nSPS) is 16.4. The molecule has 4 rings (SSSR count). The first-order valence-corrected chi connectivity index (χ1v) is 13.8. The van der Waals surface area contributed by atoms with Crippen LogP contribution in [0.4, 0.5) is 5.69 Å². The minimum atomic E-state index is -3.82. The lowest BCUT2D eigenvalue weighted by atomic mass is 9.83. The van der Waals surface area contributed by atoms with Gasteiger partial charge in [0.25, 0.3) is 0 Å². The highest BCUT2D eigenvalue weighted by atomic mass is 32.2. The Balaban J connectivity index is 1.60. The van der Waals surface area contributed by atoms with Gasteiger partial charge in [-0.2, -0.15) is 0 Å². The Kier molecular flexibility index (Phi) is 6.63. The summed E-state index contributed by atoms with van der Waals surface area (Å²) < 4.78 is 25.6. The number of hydrogen-bond acceptors (Lipinski definition) is 6. The van der Waals surface area contributed by atoms with E-state index in [2.05, 4.69) is 47.4 Å². The summed E-state index contributed by atoms with van der Waals surface area (Å²) in [4.78, 5) is 19.8. The summed E-state index contributed by atoms with van der Waals surface area (Å²) in [5.74, 6) is 0.244. The van der Waals surface area contributed by atoms with Crippen LogP contribution >= 0.6 is 11.8 Å². The highest BCUT2D eigenvalue weighted by Crippen LogP contribution is 2.46. The molecule has 34 heavy (non-hydrogen) atoms. The number of carbonyl (C=O) groups is 1. The Morgan fingerprint density at radius 1 is 1.21 bits per heavy atom. The average Bonchev–Trinajstić information content (AvgIpc) is 3.23. The third kappa shape index (κ3) is 4.52. The number of allylic oxidation sites excluding steroid dienone is 2. The largest absolute Gasteiger partial charge is 0.347 e. The lowest BCUT2D eigenvalue weighted by Crippen LogP contribution is -2.24. The van der Waals surface area contributed by atoms with Crippen molar-refractivity contribution in [3.63, 3.8) is 0 Å². The van der Waals surface area contributed by atoms with Crippen LogP contribution in [-0.2, 0) is 26.8 Å². The number of ketones is 1. The number of thioether (sulfide) groups is 1. The molecule has 7 nitrogen and oxygen atoms in total. The minimum Gasteiger partial charge on any atom is -0.347 e. The molecule has 0 saturated heterocycles. The summed E-state index contributed by atoms with van der Waals surface area (Å²) in [5.41, 5.74) is 4.42. The van der Waals surface area contributed by atoms with Gasteiger partial charge in [0.15, 0.2) is 10.9 Å². The van der Waals surface area contributed by atoms with Gasteiger partial charge in [-0.05, 0) is 36.2 Å². The van der Waals surface area contributed by atoms with Crippen molar-refractivity contribution in [2.45, 2.75) is 55.6 Å². The maximum atomic E-state index is 13.0. The van der Waals surface area contributed by atoms with E-state index >= 15 is 0 Å². The van der Waals surface area contributed by atoms with Crippen molar-refractivity contribution in [1.29, 1.82) is 0 Å². The van der Waals surface area contributed by atoms with Crippen LogP contribution in [0, 0.1) is 0 Å². The summed E-state index contributed by atoms with van der Waals surface area (Å²) in [6.45, 7) is 7.12. The molecule has 9 heteroatoms. The predicted molar refractivity (Wildman–Crippen MR) is 138 cm³/mol. The number of rotatable bonds is 8. The average molecular weight is 499 g/mol. The molecule has 2 N–H and O–H groups in total. The standard InChI is InChI=1S/C25H30N4O3S2/c1-5-6-13-29-22-12-11-18(34(26,31)32)15-20(22)27-24(29)33-16-17(30)14-23-25(2,3)19-9-7-8-10-21(19)28(23)4/h7-12,14-15H,5-6,13,16H2,1-4H3,(H2,26,31,32). The van der Waals surface area contributed by atoms with Gasteiger partial charge < -0.3 is 9.47 Å². The van der Waals surface area contributed by atoms with Crippen LogP contribution in [-0.4, -0.2) is 36.6 Å². The Morgan fingerprint density at radius 3 is 2.62 bits per heavy atom. The predicted octanol–water partition coefficient (Wildman–Crippen LogP) is 4.46. The number of fused-ring (bicyclic) bond motifs is 2. The third-order valence-corrected chi connectivity index (χ3v) is 8.24. The van der Waals surface area contributed by atoms with Crippen molar-refractivity contribution in [2.75, 3.05) is 17.7 Å². The Morgan fingerprint density at radius 2 is 1.94 bits per heavy atom. The van der Waals surface area contributed by atoms with Crippen LogP contribution in [0.5, 0.6) is 0 Å². The highest BCUT2D eigenvalue weighted by molar-refractivity contribution is 7.99. The molecule has 180 valence electrons. The fourth-order valence-corrected chi connectivity index (χ4v) is 5.89. The third-order valence-electron chi connectivity index (χ3n) is 6.33. The van der Waals surface area contributed by atoms with E-state index in [0.29, 0.717) is 10.7 Å². The zero-order chi connectivity index (χ0) is 24.7. The van der Waals surface area contributed by atoms with E-state index < -0.39 is 10.0 Å². The van der Waals surface area contributed by atoms with Crippen LogP contribution in [0.25, 0.3) is 11.0 Å². The van der Waals surface area contributed by atoms with Gasteiger partial charge >= 0.3 is 0 Å². The smallest absolute Gasteiger partial charge is 0.238 e. The molecule has 3 aromatic rings. The number of nitrogens with zero attached hydrogens (tertiary/aromatic N) is 3. The Hall–Kier alpha value is -2.62. The van der Waals surface area contributed by atoms with Gasteiger partial charge in [0.1, 0.15) is 0 Å². The zero-order valence-electron chi connectivity index (χ0n) is 19.9. The van der Waals surface area contributed by atoms with Crippen molar-refractivity contribution < 1.29 is 13.2 Å². The first-order chi connectivity index (χ1) is 16.0. The summed E-state index contributed by atoms with van der Waals surface area (Å²) in [6, 6.07) is 12.9. The molecule has 0 aliphatic carbocycles. The van der Waals surface area contributed by atoms with Gasteiger partial charge in [0, 0.05) is 36.5 Å². The van der Waals surface area contributed by atoms with Gasteiger partial charge in [-0.3, -0.25) is 4.79 Å². The summed E-state index contributed by atoms with van der Waals surface area (Å²) >= 11 is 1.37. The molecule has 1 aliphatic rings. The van der Waals surface area contributed by atoms with E-state index in [0.717, 1.165) is 36.3 Å². The second-order valence-electron chi connectivity index (χ2n) is 9.08. The molecule has 0 saturated carbocycles. The van der Waals surface area contributed by atoms with Crippen LogP contribution in [0.3, 0.4) is 0 Å². The molecule has 0 atom stereocenters. The van der Waals surface area contributed by atoms with Gasteiger partial charge in [-0.15, -0.1) is 0 Å². The molecular weight excluding hydrogens is 468 g/mol. The van der Waals surface area contributed by atoms with Crippen LogP contribution in [0.15, 0.2) is 64.3 Å². The number of nitrogens with two attached hydrogens (primary N) is 1. The topological polar surface area (TPSA) is 98.3 Å². The number of carbonyl (C=O) groups excluding carboxylic acids is 1. The molecule has 1 aromatic heterocycles. The van der Waals surface area contributed by atoms with Crippen molar-refractivity contribution in [1.82, 2.24) is 9.55 Å². The van der Waals surface area contributed by atoms with Crippen molar-refractivity contribution >= 4 is 44.3 Å². The first-order valence-electron chi connectivity index (χ1n) is 11.3. The molecule has 0 bridgehead atoms. The summed E-state index contributed by atoms with van der Waals surface area (Å²) in [6.07, 6.45) is 3.70. The van der Waals surface area contributed by atoms with Gasteiger partial charge in [-0.25, -0.2) is 18.5 Å². The van der Waals surface area contributed by atoms with E-state index in [4.69, 9.17) is 5.14 Å². The lowest BCUT2D eigenvalue weighted by Gasteiger charge is -2.23. The second-order valence-corrected chi connectivity index (χ2v) is 11.6. The molecule has 0 amide bonds. The molecular formula is C25H30N4O3S2. The van der Waals surface area contributed by atoms with E-state index in [1.54, 1.807) is 12.1 Å². The number of sulfonamides is 1. The number of likely N-dealkylation sites (N-methyl/N-ethyl adjacent to an activating group) is 1. The molecule has 0 unspecified atom stereocenters. The van der Waals surface area contributed by atoms with Crippen molar-refractivity contribution in [3.8, 4) is 0 Å². The van der Waals surface area contributed by atoms with Crippen molar-refractivity contribution in [2.24, 2.45) is 5.14 Å². The fourth-order valence-electron chi connectivity index (χ4n) is 4.50. The van der Waals surface area contributed by atoms with E-state index in [1.165, 1.54) is 29.5 Å². The van der Waals surface area contributed by atoms with Gasteiger partial charge in [0.05, 0.1) is 21.7 Å². The zero-order valence-corrected chi connectivity index (χ0v) is 21.5. The van der Waals surface area contributed by atoms with E-state index in [1.807, 2.05) is 19.2 Å². The molecule has 2 heterocycles. The Bertz CT molecular complexity index is 1390. The Labute approximate surface area is 205 Å². The molecule has 1 aliphatic heterocycles. The van der Waals surface area contributed by atoms with Crippen LogP contribution < -0.4 is 10.0 Å². The molecule has 2 aromatic carbocycles. The van der Waals surface area contributed by atoms with Crippen molar-refractivity contribution in [3.05, 3.63) is 59.8 Å². The highest BCUT2D eigenvalue weighted by Gasteiger charge is 2.38. The van der Waals surface area contributed by atoms with Gasteiger partial charge in [-0.1, -0.05) is 57.2 Å². The summed E-state index contributed by atoms with van der Waals surface area (Å²) in [7, 11) is -1.82. The first kappa shape index (κ1) is 24.5. The number of benzene rings is 2. The fraction of sp³-hybridized carbons (Fsp3) is 0.360. The monoisotopic (exact) mass is 498 g/mol. The number of hydrogen-bond donors (Lipinski definition) is 1. The maximum Gasteiger partial charge on any atom is 0.238 e. The van der Waals surface area contributed by atoms with Gasteiger partial charge in [0.2, 0.25) is 10.0 Å². The number of para-hydroxylation sites is 1. The lowest BCUT2D eigenvalue weighted by molar-refractivity contribution is -0.112. The quantitative estimate of drug-likeness (QED) is 0.364. The number of imidazole rings is 1. The minimum absolute atomic E-state index is 0.00653. The van der Waals surface area contributed by atoms with E-state index in [9.17, 15) is 13.2 Å². The number of primary sulfonamides is 1. The second kappa shape index (κ2) is 9.20. The molecule has 0 fully saturated rings. The number of aryl methyl sites for hydroxylation is 1. The number of anilines is 1. The maximum absolute atomic E-state index is 13.0. The molecule has 0 radical (unpaired) electrons. The molecule has 0 spiro atoms. The van der Waals surface area contributed by atoms with Crippen LogP contribution in [0.2, 0.25) is 0 Å². The SMILES string of the molecule is CCCCn1c(SCC(=O)C=C2N(C)c3ccccc3C2(C)C)nc2cc(S(N)(=O)=O)ccc21. The number of unbranched alkanes of at least 4 members (excludes halogenated alkanes) is 1. The number of aromatic nitrogens is 2. The van der Waals surface area contributed by atoms with Crippen LogP contribution in [0.1, 0.15) is 39.2 Å². The van der Waals surface area contributed by atoms with E-state index in [-0.39, 0.29) is 21.8 Å².